The molecule has 0 fully saturated rings. The van der Waals surface area contributed by atoms with Gasteiger partial charge in [0.2, 0.25) is 0 Å². The molecule has 3 aromatic rings. The summed E-state index contributed by atoms with van der Waals surface area (Å²) >= 11 is 3.41. The average Bonchev–Trinajstić information content (AvgIpc) is 2.74. The number of amides is 1. The van der Waals surface area contributed by atoms with Crippen LogP contribution in [-0.4, -0.2) is 5.91 Å². The van der Waals surface area contributed by atoms with Crippen molar-refractivity contribution in [1.82, 2.24) is 0 Å². The maximum atomic E-state index is 12.5. The van der Waals surface area contributed by atoms with Gasteiger partial charge in [-0.3, -0.25) is 4.79 Å². The number of rotatable bonds is 6. The van der Waals surface area contributed by atoms with E-state index in [1.807, 2.05) is 73.7 Å². The number of ether oxygens (including phenoxy) is 1. The summed E-state index contributed by atoms with van der Waals surface area (Å²) in [4.78, 5) is 12.5. The SMILES string of the molecule is Cc1ccc(NC(=O)/C(C#N)=C/c2ccccc2OCc2ccc(Br)cc2)cc1. The molecule has 0 bridgehead atoms. The van der Waals surface area contributed by atoms with Crippen molar-refractivity contribution in [3.05, 3.63) is 99.5 Å². The second kappa shape index (κ2) is 9.72. The summed E-state index contributed by atoms with van der Waals surface area (Å²) in [5.74, 6) is 0.144. The zero-order valence-electron chi connectivity index (χ0n) is 15.9. The van der Waals surface area contributed by atoms with E-state index in [-0.39, 0.29) is 5.57 Å². The number of hydrogen-bond donors (Lipinski definition) is 1. The lowest BCUT2D eigenvalue weighted by Crippen LogP contribution is -2.13. The highest BCUT2D eigenvalue weighted by atomic mass is 79.9. The maximum Gasteiger partial charge on any atom is 0.266 e. The molecule has 1 N–H and O–H groups in total. The Hall–Kier alpha value is -3.36. The van der Waals surface area contributed by atoms with E-state index in [1.165, 1.54) is 0 Å². The van der Waals surface area contributed by atoms with Gasteiger partial charge in [0, 0.05) is 15.7 Å². The largest absolute Gasteiger partial charge is 0.488 e. The molecule has 29 heavy (non-hydrogen) atoms. The third-order valence-electron chi connectivity index (χ3n) is 4.20. The van der Waals surface area contributed by atoms with Gasteiger partial charge in [0.1, 0.15) is 24.0 Å². The Morgan fingerprint density at radius 2 is 1.76 bits per heavy atom. The molecule has 0 spiro atoms. The van der Waals surface area contributed by atoms with Gasteiger partial charge in [0.05, 0.1) is 0 Å². The summed E-state index contributed by atoms with van der Waals surface area (Å²) in [6.07, 6.45) is 1.54. The van der Waals surface area contributed by atoms with E-state index >= 15 is 0 Å². The number of para-hydroxylation sites is 1. The second-order valence-electron chi connectivity index (χ2n) is 6.44. The highest BCUT2D eigenvalue weighted by Crippen LogP contribution is 2.23. The van der Waals surface area contributed by atoms with Crippen molar-refractivity contribution >= 4 is 33.6 Å². The van der Waals surface area contributed by atoms with E-state index in [2.05, 4.69) is 21.2 Å². The lowest BCUT2D eigenvalue weighted by Gasteiger charge is -2.10. The fraction of sp³-hybridized carbons (Fsp3) is 0.0833. The molecule has 144 valence electrons. The van der Waals surface area contributed by atoms with Gasteiger partial charge in [-0.1, -0.05) is 64.0 Å². The predicted octanol–water partition coefficient (Wildman–Crippen LogP) is 5.88. The fourth-order valence-corrected chi connectivity index (χ4v) is 2.88. The van der Waals surface area contributed by atoms with Gasteiger partial charge in [-0.2, -0.15) is 5.26 Å². The molecule has 0 heterocycles. The molecule has 0 radical (unpaired) electrons. The molecular formula is C24H19BrN2O2. The zero-order chi connectivity index (χ0) is 20.6. The van der Waals surface area contributed by atoms with Crippen LogP contribution in [0.3, 0.4) is 0 Å². The summed E-state index contributed by atoms with van der Waals surface area (Å²) in [6.45, 7) is 2.35. The van der Waals surface area contributed by atoms with Crippen molar-refractivity contribution in [3.8, 4) is 11.8 Å². The Bertz CT molecular complexity index is 1070. The van der Waals surface area contributed by atoms with Gasteiger partial charge in [-0.15, -0.1) is 0 Å². The minimum Gasteiger partial charge on any atom is -0.488 e. The highest BCUT2D eigenvalue weighted by Gasteiger charge is 2.11. The number of nitrogens with zero attached hydrogens (tertiary/aromatic N) is 1. The summed E-state index contributed by atoms with van der Waals surface area (Å²) in [5, 5.41) is 12.2. The quantitative estimate of drug-likeness (QED) is 0.379. The van der Waals surface area contributed by atoms with Gasteiger partial charge in [-0.25, -0.2) is 0 Å². The molecule has 3 rings (SSSR count). The van der Waals surface area contributed by atoms with Crippen LogP contribution in [0.1, 0.15) is 16.7 Å². The van der Waals surface area contributed by atoms with Crippen LogP contribution < -0.4 is 10.1 Å². The molecule has 1 amide bonds. The van der Waals surface area contributed by atoms with Crippen LogP contribution in [0.25, 0.3) is 6.08 Å². The Labute approximate surface area is 178 Å². The standard InChI is InChI=1S/C24H19BrN2O2/c1-17-6-12-22(13-7-17)27-24(28)20(15-26)14-19-4-2-3-5-23(19)29-16-18-8-10-21(25)11-9-18/h2-14H,16H2,1H3,(H,27,28)/b20-14+. The van der Waals surface area contributed by atoms with Gasteiger partial charge in [0.15, 0.2) is 0 Å². The maximum absolute atomic E-state index is 12.5. The Morgan fingerprint density at radius 1 is 1.07 bits per heavy atom. The van der Waals surface area contributed by atoms with Crippen LogP contribution in [0.4, 0.5) is 5.69 Å². The Morgan fingerprint density at radius 3 is 2.45 bits per heavy atom. The lowest BCUT2D eigenvalue weighted by molar-refractivity contribution is -0.112. The van der Waals surface area contributed by atoms with E-state index in [4.69, 9.17) is 4.74 Å². The first kappa shape index (κ1) is 20.4. The number of aryl methyl sites for hydroxylation is 1. The molecule has 3 aromatic carbocycles. The van der Waals surface area contributed by atoms with Crippen LogP contribution in [0.15, 0.2) is 82.8 Å². The smallest absolute Gasteiger partial charge is 0.266 e. The molecule has 0 atom stereocenters. The van der Waals surface area contributed by atoms with Crippen LogP contribution in [-0.2, 0) is 11.4 Å². The van der Waals surface area contributed by atoms with Crippen LogP contribution in [0, 0.1) is 18.3 Å². The molecule has 0 saturated carbocycles. The minimum absolute atomic E-state index is 0.00488. The van der Waals surface area contributed by atoms with Crippen molar-refractivity contribution in [2.24, 2.45) is 0 Å². The molecule has 0 aromatic heterocycles. The summed E-state index contributed by atoms with van der Waals surface area (Å²) in [7, 11) is 0. The molecular weight excluding hydrogens is 428 g/mol. The first-order chi connectivity index (χ1) is 14.0. The van der Waals surface area contributed by atoms with Crippen molar-refractivity contribution in [2.75, 3.05) is 5.32 Å². The molecule has 0 unspecified atom stereocenters. The topological polar surface area (TPSA) is 62.1 Å². The van der Waals surface area contributed by atoms with Crippen molar-refractivity contribution in [2.45, 2.75) is 13.5 Å². The third-order valence-corrected chi connectivity index (χ3v) is 4.73. The van der Waals surface area contributed by atoms with Gasteiger partial charge in [0.25, 0.3) is 5.91 Å². The monoisotopic (exact) mass is 446 g/mol. The number of hydrogen-bond acceptors (Lipinski definition) is 3. The van der Waals surface area contributed by atoms with E-state index in [0.717, 1.165) is 15.6 Å². The summed E-state index contributed by atoms with van der Waals surface area (Å²) in [6, 6.07) is 24.5. The lowest BCUT2D eigenvalue weighted by atomic mass is 10.1. The Balaban J connectivity index is 1.76. The number of nitriles is 1. The number of anilines is 1. The molecule has 0 aliphatic carbocycles. The van der Waals surface area contributed by atoms with Crippen molar-refractivity contribution in [3.63, 3.8) is 0 Å². The van der Waals surface area contributed by atoms with E-state index in [1.54, 1.807) is 18.2 Å². The molecule has 0 aliphatic rings. The first-order valence-electron chi connectivity index (χ1n) is 9.01. The van der Waals surface area contributed by atoms with Crippen LogP contribution in [0.2, 0.25) is 0 Å². The fourth-order valence-electron chi connectivity index (χ4n) is 2.61. The number of carbonyl (C=O) groups excluding carboxylic acids is 1. The normalized spacial score (nSPS) is 10.9. The average molecular weight is 447 g/mol. The first-order valence-corrected chi connectivity index (χ1v) is 9.80. The van der Waals surface area contributed by atoms with Gasteiger partial charge in [-0.05, 0) is 48.9 Å². The van der Waals surface area contributed by atoms with Crippen LogP contribution in [0.5, 0.6) is 5.75 Å². The van der Waals surface area contributed by atoms with E-state index in [9.17, 15) is 10.1 Å². The number of benzene rings is 3. The second-order valence-corrected chi connectivity index (χ2v) is 7.36. The molecule has 0 saturated heterocycles. The van der Waals surface area contributed by atoms with Gasteiger partial charge >= 0.3 is 0 Å². The molecule has 0 aliphatic heterocycles. The van der Waals surface area contributed by atoms with Gasteiger partial charge < -0.3 is 10.1 Å². The third kappa shape index (κ3) is 5.81. The molecule has 4 nitrogen and oxygen atoms in total. The number of halogens is 1. The minimum atomic E-state index is -0.459. The number of carbonyl (C=O) groups is 1. The predicted molar refractivity (Wildman–Crippen MR) is 118 cm³/mol. The van der Waals surface area contributed by atoms with E-state index in [0.29, 0.717) is 23.6 Å². The number of nitrogens with one attached hydrogen (secondary N) is 1. The van der Waals surface area contributed by atoms with Crippen molar-refractivity contribution < 1.29 is 9.53 Å². The summed E-state index contributed by atoms with van der Waals surface area (Å²) < 4.78 is 6.92. The van der Waals surface area contributed by atoms with Crippen molar-refractivity contribution in [1.29, 1.82) is 5.26 Å². The van der Waals surface area contributed by atoms with Crippen LogP contribution >= 0.6 is 15.9 Å². The highest BCUT2D eigenvalue weighted by molar-refractivity contribution is 9.10. The zero-order valence-corrected chi connectivity index (χ0v) is 17.4. The summed E-state index contributed by atoms with van der Waals surface area (Å²) in [5.41, 5.74) is 3.42. The van der Waals surface area contributed by atoms with E-state index < -0.39 is 5.91 Å². The molecule has 5 heteroatoms. The Kier molecular flexibility index (Phi) is 6.83.